The minimum atomic E-state index is 0.644. The monoisotopic (exact) mass is 411 g/mol. The molecule has 0 saturated heterocycles. The summed E-state index contributed by atoms with van der Waals surface area (Å²) in [7, 11) is 0. The van der Waals surface area contributed by atoms with Crippen molar-refractivity contribution >= 4 is 22.1 Å². The van der Waals surface area contributed by atoms with E-state index in [0.717, 1.165) is 44.7 Å². The van der Waals surface area contributed by atoms with Gasteiger partial charge in [0, 0.05) is 28.7 Å². The highest BCUT2D eigenvalue weighted by atomic mass is 14.9. The van der Waals surface area contributed by atoms with Crippen LogP contribution in [0.3, 0.4) is 0 Å². The number of aromatic nitrogens is 5. The maximum atomic E-state index is 4.86. The van der Waals surface area contributed by atoms with Crippen LogP contribution in [0.5, 0.6) is 0 Å². The number of hydrogen-bond acceptors (Lipinski definition) is 5. The van der Waals surface area contributed by atoms with Gasteiger partial charge >= 0.3 is 0 Å². The lowest BCUT2D eigenvalue weighted by Gasteiger charge is -2.12. The van der Waals surface area contributed by atoms with Crippen molar-refractivity contribution in [1.29, 1.82) is 0 Å². The molecule has 6 rings (SSSR count). The lowest BCUT2D eigenvalue weighted by Crippen LogP contribution is -1.97. The zero-order chi connectivity index (χ0) is 21.3. The Bertz CT molecular complexity index is 1450. The molecule has 0 fully saturated rings. The summed E-state index contributed by atoms with van der Waals surface area (Å²) in [5.74, 6) is 0. The number of benzene rings is 1. The topological polar surface area (TPSA) is 64.5 Å². The number of hydrogen-bond donors (Lipinski definition) is 0. The number of fused-ring (bicyclic) bond motifs is 2. The van der Waals surface area contributed by atoms with Crippen molar-refractivity contribution < 1.29 is 0 Å². The molecule has 0 unspecified atom stereocenters. The summed E-state index contributed by atoms with van der Waals surface area (Å²) in [6.45, 7) is 0. The highest BCUT2D eigenvalue weighted by molar-refractivity contribution is 6.08. The zero-order valence-corrected chi connectivity index (χ0v) is 17.1. The second-order valence-electron chi connectivity index (χ2n) is 7.42. The highest BCUT2D eigenvalue weighted by Gasteiger charge is 2.15. The Hall–Kier alpha value is -4.51. The van der Waals surface area contributed by atoms with Gasteiger partial charge in [-0.1, -0.05) is 42.5 Å². The Kier molecular flexibility index (Phi) is 4.36. The second-order valence-corrected chi connectivity index (χ2v) is 7.42. The minimum Gasteiger partial charge on any atom is -0.255 e. The van der Waals surface area contributed by atoms with E-state index < -0.39 is 0 Å². The summed E-state index contributed by atoms with van der Waals surface area (Å²) in [6.07, 6.45) is 3.54. The number of nitrogens with zero attached hydrogens (tertiary/aromatic N) is 5. The summed E-state index contributed by atoms with van der Waals surface area (Å²) < 4.78 is 0. The first-order valence-corrected chi connectivity index (χ1v) is 10.4. The van der Waals surface area contributed by atoms with Gasteiger partial charge < -0.3 is 0 Å². The van der Waals surface area contributed by atoms with E-state index in [1.165, 1.54) is 0 Å². The fraction of sp³-hybridized carbons (Fsp3) is 0. The second kappa shape index (κ2) is 7.63. The van der Waals surface area contributed by atoms with E-state index in [4.69, 9.17) is 15.0 Å². The Morgan fingerprint density at radius 1 is 0.406 bits per heavy atom. The molecule has 0 aliphatic carbocycles. The first-order chi connectivity index (χ1) is 15.9. The molecule has 0 bridgehead atoms. The quantitative estimate of drug-likeness (QED) is 0.336. The fourth-order valence-corrected chi connectivity index (χ4v) is 3.93. The van der Waals surface area contributed by atoms with E-state index in [-0.39, 0.29) is 0 Å². The van der Waals surface area contributed by atoms with E-state index >= 15 is 0 Å². The molecule has 32 heavy (non-hydrogen) atoms. The van der Waals surface area contributed by atoms with Crippen LogP contribution in [0.15, 0.2) is 103 Å². The summed E-state index contributed by atoms with van der Waals surface area (Å²) in [5, 5.41) is 1.96. The lowest BCUT2D eigenvalue weighted by molar-refractivity contribution is 1.23. The smallest absolute Gasteiger partial charge is 0.162 e. The Balaban J connectivity index is 1.65. The summed E-state index contributed by atoms with van der Waals surface area (Å²) in [5.41, 5.74) is 6.65. The normalized spacial score (nSPS) is 11.1. The van der Waals surface area contributed by atoms with Gasteiger partial charge in [0.15, 0.2) is 11.3 Å². The molecule has 5 aromatic heterocycles. The van der Waals surface area contributed by atoms with Crippen LogP contribution in [0.2, 0.25) is 0 Å². The predicted molar refractivity (Wildman–Crippen MR) is 127 cm³/mol. The third-order valence-electron chi connectivity index (χ3n) is 5.42. The zero-order valence-electron chi connectivity index (χ0n) is 17.1. The summed E-state index contributed by atoms with van der Waals surface area (Å²) in [6, 6.07) is 30.1. The molecular weight excluding hydrogens is 394 g/mol. The molecule has 5 heteroatoms. The standard InChI is InChI=1S/C27H17N5/c1-2-8-18(9-3-1)25-19-12-14-23(21-10-4-6-16-28-21)30-26(19)32-27-20(25)13-15-24(31-27)22-11-5-7-17-29-22/h1-17H. The Morgan fingerprint density at radius 3 is 1.44 bits per heavy atom. The molecule has 1 aromatic carbocycles. The van der Waals surface area contributed by atoms with Crippen molar-refractivity contribution in [2.24, 2.45) is 0 Å². The average Bonchev–Trinajstić information content (AvgIpc) is 2.88. The van der Waals surface area contributed by atoms with Gasteiger partial charge in [0.05, 0.1) is 22.8 Å². The van der Waals surface area contributed by atoms with E-state index in [9.17, 15) is 0 Å². The first-order valence-electron chi connectivity index (χ1n) is 10.4. The van der Waals surface area contributed by atoms with Crippen molar-refractivity contribution in [2.45, 2.75) is 0 Å². The van der Waals surface area contributed by atoms with Gasteiger partial charge in [-0.2, -0.15) is 0 Å². The van der Waals surface area contributed by atoms with E-state index in [1.807, 2.05) is 66.7 Å². The van der Waals surface area contributed by atoms with E-state index in [2.05, 4.69) is 34.2 Å². The molecule has 0 atom stereocenters. The van der Waals surface area contributed by atoms with Crippen LogP contribution in [0.25, 0.3) is 56.0 Å². The molecule has 0 aliphatic rings. The van der Waals surface area contributed by atoms with Gasteiger partial charge in [0.25, 0.3) is 0 Å². The van der Waals surface area contributed by atoms with Crippen LogP contribution >= 0.6 is 0 Å². The van der Waals surface area contributed by atoms with Crippen molar-refractivity contribution in [2.75, 3.05) is 0 Å². The molecule has 0 aliphatic heterocycles. The first kappa shape index (κ1) is 18.3. The SMILES string of the molecule is c1ccc(-c2c3ccc(-c4ccccn4)nc3nc3nc(-c4ccccn4)ccc23)cc1. The Morgan fingerprint density at radius 2 is 0.938 bits per heavy atom. The molecule has 0 radical (unpaired) electrons. The molecule has 0 amide bonds. The molecule has 5 nitrogen and oxygen atoms in total. The van der Waals surface area contributed by atoms with Crippen molar-refractivity contribution in [3.8, 4) is 33.9 Å². The Labute approximate surface area is 184 Å². The average molecular weight is 411 g/mol. The van der Waals surface area contributed by atoms with Crippen LogP contribution in [-0.4, -0.2) is 24.9 Å². The third-order valence-corrected chi connectivity index (χ3v) is 5.42. The van der Waals surface area contributed by atoms with Gasteiger partial charge in [-0.25, -0.2) is 15.0 Å². The summed E-state index contributed by atoms with van der Waals surface area (Å²) in [4.78, 5) is 23.4. The molecule has 6 aromatic rings. The molecular formula is C27H17N5. The maximum absolute atomic E-state index is 4.86. The molecule has 150 valence electrons. The molecule has 0 spiro atoms. The van der Waals surface area contributed by atoms with Gasteiger partial charge in [0.2, 0.25) is 0 Å². The molecule has 0 saturated carbocycles. The van der Waals surface area contributed by atoms with Gasteiger partial charge in [-0.15, -0.1) is 0 Å². The molecule has 5 heterocycles. The minimum absolute atomic E-state index is 0.644. The highest BCUT2D eigenvalue weighted by Crippen LogP contribution is 2.35. The third kappa shape index (κ3) is 3.17. The number of rotatable bonds is 3. The predicted octanol–water partition coefficient (Wildman–Crippen LogP) is 5.97. The van der Waals surface area contributed by atoms with Gasteiger partial charge in [0.1, 0.15) is 0 Å². The molecule has 0 N–H and O–H groups in total. The van der Waals surface area contributed by atoms with Crippen molar-refractivity contribution in [3.05, 3.63) is 103 Å². The van der Waals surface area contributed by atoms with Crippen molar-refractivity contribution in [3.63, 3.8) is 0 Å². The number of pyridine rings is 5. The van der Waals surface area contributed by atoms with Crippen molar-refractivity contribution in [1.82, 2.24) is 24.9 Å². The van der Waals surface area contributed by atoms with E-state index in [1.54, 1.807) is 12.4 Å². The van der Waals surface area contributed by atoms with Crippen LogP contribution in [-0.2, 0) is 0 Å². The van der Waals surface area contributed by atoms with Crippen LogP contribution in [0.4, 0.5) is 0 Å². The van der Waals surface area contributed by atoms with Gasteiger partial charge in [-0.05, 0) is 54.1 Å². The van der Waals surface area contributed by atoms with Crippen LogP contribution < -0.4 is 0 Å². The van der Waals surface area contributed by atoms with Crippen LogP contribution in [0.1, 0.15) is 0 Å². The maximum Gasteiger partial charge on any atom is 0.162 e. The fourth-order valence-electron chi connectivity index (χ4n) is 3.93. The van der Waals surface area contributed by atoms with E-state index in [0.29, 0.717) is 11.3 Å². The summed E-state index contributed by atoms with van der Waals surface area (Å²) >= 11 is 0. The van der Waals surface area contributed by atoms with Crippen LogP contribution in [0, 0.1) is 0 Å². The largest absolute Gasteiger partial charge is 0.255 e. The van der Waals surface area contributed by atoms with Gasteiger partial charge in [-0.3, -0.25) is 9.97 Å². The lowest BCUT2D eigenvalue weighted by atomic mass is 9.98.